The summed E-state index contributed by atoms with van der Waals surface area (Å²) in [6, 6.07) is 16.7. The van der Waals surface area contributed by atoms with Gasteiger partial charge in [-0.05, 0) is 60.4 Å². The lowest BCUT2D eigenvalue weighted by Gasteiger charge is -2.32. The minimum Gasteiger partial charge on any atom is -0.497 e. The minimum absolute atomic E-state index is 0.121. The highest BCUT2D eigenvalue weighted by Gasteiger charge is 2.20. The third kappa shape index (κ3) is 5.58. The fraction of sp³-hybridized carbons (Fsp3) is 0.478. The van der Waals surface area contributed by atoms with E-state index in [9.17, 15) is 5.11 Å². The van der Waals surface area contributed by atoms with Gasteiger partial charge in [-0.25, -0.2) is 0 Å². The van der Waals surface area contributed by atoms with Crippen LogP contribution in [0.3, 0.4) is 0 Å². The molecule has 0 aromatic heterocycles. The molecule has 3 heteroatoms. The molecule has 1 fully saturated rings. The fourth-order valence-electron chi connectivity index (χ4n) is 3.62. The Labute approximate surface area is 157 Å². The summed E-state index contributed by atoms with van der Waals surface area (Å²) in [5.41, 5.74) is 3.66. The Balaban J connectivity index is 1.56. The molecular formula is C23H31NO2. The lowest BCUT2D eigenvalue weighted by molar-refractivity contribution is 0.180. The number of benzene rings is 2. The molecule has 140 valence electrons. The number of aliphatic hydroxyl groups excluding tert-OH is 1. The second-order valence-electron chi connectivity index (χ2n) is 7.43. The molecule has 0 amide bonds. The quantitative estimate of drug-likeness (QED) is 0.699. The van der Waals surface area contributed by atoms with E-state index in [0.29, 0.717) is 0 Å². The molecular weight excluding hydrogens is 322 g/mol. The molecule has 0 radical (unpaired) electrons. The average Bonchev–Trinajstić information content (AvgIpc) is 2.66. The topological polar surface area (TPSA) is 32.7 Å². The maximum atomic E-state index is 9.33. The SMILES string of the molecule is COc1cccc(CCN(CCc2cccc(CO)c2)CC2CCC2)c1. The van der Waals surface area contributed by atoms with E-state index in [1.54, 1.807) is 7.11 Å². The van der Waals surface area contributed by atoms with E-state index in [2.05, 4.69) is 35.2 Å². The van der Waals surface area contributed by atoms with Gasteiger partial charge in [0.25, 0.3) is 0 Å². The zero-order valence-corrected chi connectivity index (χ0v) is 15.9. The smallest absolute Gasteiger partial charge is 0.119 e. The largest absolute Gasteiger partial charge is 0.497 e. The van der Waals surface area contributed by atoms with Crippen LogP contribution < -0.4 is 4.74 Å². The molecule has 0 spiro atoms. The molecule has 3 nitrogen and oxygen atoms in total. The summed E-state index contributed by atoms with van der Waals surface area (Å²) >= 11 is 0. The molecule has 1 aliphatic carbocycles. The van der Waals surface area contributed by atoms with Gasteiger partial charge in [0.15, 0.2) is 0 Å². The van der Waals surface area contributed by atoms with Crippen LogP contribution in [0.1, 0.15) is 36.0 Å². The van der Waals surface area contributed by atoms with Gasteiger partial charge in [-0.1, -0.05) is 42.8 Å². The molecule has 0 bridgehead atoms. The van der Waals surface area contributed by atoms with Gasteiger partial charge < -0.3 is 14.7 Å². The summed E-state index contributed by atoms with van der Waals surface area (Å²) in [4.78, 5) is 2.62. The minimum atomic E-state index is 0.121. The molecule has 0 atom stereocenters. The lowest BCUT2D eigenvalue weighted by Crippen LogP contribution is -2.35. The second kappa shape index (κ2) is 9.75. The summed E-state index contributed by atoms with van der Waals surface area (Å²) in [5.74, 6) is 1.82. The van der Waals surface area contributed by atoms with Crippen molar-refractivity contribution in [2.24, 2.45) is 5.92 Å². The molecule has 0 unspecified atom stereocenters. The maximum Gasteiger partial charge on any atom is 0.119 e. The first-order chi connectivity index (χ1) is 12.8. The summed E-state index contributed by atoms with van der Waals surface area (Å²) in [5, 5.41) is 9.33. The molecule has 2 aromatic carbocycles. The first kappa shape index (κ1) is 18.9. The summed E-state index contributed by atoms with van der Waals surface area (Å²) < 4.78 is 5.35. The number of aliphatic hydroxyl groups is 1. The Bertz CT molecular complexity index is 630. The molecule has 1 N–H and O–H groups in total. The van der Waals surface area contributed by atoms with Crippen molar-refractivity contribution in [1.29, 1.82) is 0 Å². The average molecular weight is 354 g/mol. The first-order valence-electron chi connectivity index (χ1n) is 9.81. The van der Waals surface area contributed by atoms with Gasteiger partial charge in [0.2, 0.25) is 0 Å². The van der Waals surface area contributed by atoms with Crippen LogP contribution in [0.15, 0.2) is 48.5 Å². The Morgan fingerprint density at radius 3 is 2.23 bits per heavy atom. The number of methoxy groups -OCH3 is 1. The second-order valence-corrected chi connectivity index (χ2v) is 7.43. The van der Waals surface area contributed by atoms with E-state index in [1.807, 2.05) is 18.2 Å². The summed E-state index contributed by atoms with van der Waals surface area (Å²) in [7, 11) is 1.72. The van der Waals surface area contributed by atoms with Crippen LogP contribution in [0.5, 0.6) is 5.75 Å². The van der Waals surface area contributed by atoms with Crippen molar-refractivity contribution in [2.45, 2.75) is 38.7 Å². The van der Waals surface area contributed by atoms with Crippen LogP contribution in [0.25, 0.3) is 0 Å². The van der Waals surface area contributed by atoms with Crippen molar-refractivity contribution < 1.29 is 9.84 Å². The number of hydrogen-bond acceptors (Lipinski definition) is 3. The third-order valence-corrected chi connectivity index (χ3v) is 5.48. The van der Waals surface area contributed by atoms with Crippen LogP contribution in [-0.4, -0.2) is 36.8 Å². The standard InChI is InChI=1S/C23H31NO2/c1-26-23-10-4-6-20(16-23)12-14-24(17-21-7-3-8-21)13-11-19-5-2-9-22(15-19)18-25/h2,4-6,9-10,15-16,21,25H,3,7-8,11-14,17-18H2,1H3. The summed E-state index contributed by atoms with van der Waals surface area (Å²) in [6.45, 7) is 3.50. The van der Waals surface area contributed by atoms with Gasteiger partial charge in [-0.15, -0.1) is 0 Å². The van der Waals surface area contributed by atoms with Gasteiger partial charge in [0.1, 0.15) is 5.75 Å². The van der Waals surface area contributed by atoms with Crippen LogP contribution >= 0.6 is 0 Å². The predicted octanol–water partition coefficient (Wildman–Crippen LogP) is 4.07. The Hall–Kier alpha value is -1.84. The molecule has 0 aliphatic heterocycles. The highest BCUT2D eigenvalue weighted by Crippen LogP contribution is 2.27. The van der Waals surface area contributed by atoms with Crippen molar-refractivity contribution in [3.8, 4) is 5.75 Å². The third-order valence-electron chi connectivity index (χ3n) is 5.48. The molecule has 1 aliphatic rings. The van der Waals surface area contributed by atoms with Crippen molar-refractivity contribution in [3.63, 3.8) is 0 Å². The highest BCUT2D eigenvalue weighted by atomic mass is 16.5. The number of hydrogen-bond donors (Lipinski definition) is 1. The van der Waals surface area contributed by atoms with Gasteiger partial charge in [0, 0.05) is 19.6 Å². The van der Waals surface area contributed by atoms with Crippen LogP contribution in [0.2, 0.25) is 0 Å². The van der Waals surface area contributed by atoms with E-state index in [-0.39, 0.29) is 6.61 Å². The van der Waals surface area contributed by atoms with Gasteiger partial charge in [0.05, 0.1) is 13.7 Å². The molecule has 3 rings (SSSR count). The number of rotatable bonds is 10. The Kier molecular flexibility index (Phi) is 7.10. The zero-order chi connectivity index (χ0) is 18.2. The first-order valence-corrected chi connectivity index (χ1v) is 9.81. The normalized spacial score (nSPS) is 14.4. The predicted molar refractivity (Wildman–Crippen MR) is 107 cm³/mol. The zero-order valence-electron chi connectivity index (χ0n) is 15.9. The van der Waals surface area contributed by atoms with E-state index in [1.165, 1.54) is 36.9 Å². The van der Waals surface area contributed by atoms with Crippen molar-refractivity contribution in [3.05, 3.63) is 65.2 Å². The Morgan fingerprint density at radius 1 is 0.962 bits per heavy atom. The summed E-state index contributed by atoms with van der Waals surface area (Å²) in [6.07, 6.45) is 6.26. The molecule has 1 saturated carbocycles. The van der Waals surface area contributed by atoms with Crippen LogP contribution in [0.4, 0.5) is 0 Å². The van der Waals surface area contributed by atoms with E-state index < -0.39 is 0 Å². The van der Waals surface area contributed by atoms with E-state index >= 15 is 0 Å². The van der Waals surface area contributed by atoms with Crippen molar-refractivity contribution in [2.75, 3.05) is 26.7 Å². The van der Waals surface area contributed by atoms with Gasteiger partial charge in [-0.2, -0.15) is 0 Å². The number of ether oxygens (including phenoxy) is 1. The molecule has 26 heavy (non-hydrogen) atoms. The Morgan fingerprint density at radius 2 is 1.62 bits per heavy atom. The number of nitrogens with zero attached hydrogens (tertiary/aromatic N) is 1. The highest BCUT2D eigenvalue weighted by molar-refractivity contribution is 5.28. The van der Waals surface area contributed by atoms with Gasteiger partial charge in [-0.3, -0.25) is 0 Å². The maximum absolute atomic E-state index is 9.33. The van der Waals surface area contributed by atoms with Crippen molar-refractivity contribution in [1.82, 2.24) is 4.90 Å². The van der Waals surface area contributed by atoms with Gasteiger partial charge >= 0.3 is 0 Å². The molecule has 2 aromatic rings. The fourth-order valence-corrected chi connectivity index (χ4v) is 3.62. The van der Waals surface area contributed by atoms with Crippen LogP contribution in [0, 0.1) is 5.92 Å². The van der Waals surface area contributed by atoms with Crippen molar-refractivity contribution >= 4 is 0 Å². The van der Waals surface area contributed by atoms with E-state index in [0.717, 1.165) is 43.2 Å². The van der Waals surface area contributed by atoms with E-state index in [4.69, 9.17) is 4.74 Å². The van der Waals surface area contributed by atoms with Crippen LogP contribution in [-0.2, 0) is 19.4 Å². The molecule has 0 saturated heterocycles. The molecule has 0 heterocycles. The monoisotopic (exact) mass is 353 g/mol. The lowest BCUT2D eigenvalue weighted by atomic mass is 9.85.